The van der Waals surface area contributed by atoms with Crippen LogP contribution in [0.5, 0.6) is 0 Å². The fourth-order valence-corrected chi connectivity index (χ4v) is 4.30. The number of hydrogen-bond donors (Lipinski definition) is 0. The Morgan fingerprint density at radius 3 is 2.17 bits per heavy atom. The predicted octanol–water partition coefficient (Wildman–Crippen LogP) is 5.46. The molecule has 176 valence electrons. The van der Waals surface area contributed by atoms with Crippen LogP contribution < -0.4 is 5.56 Å². The van der Waals surface area contributed by atoms with E-state index in [0.29, 0.717) is 27.7 Å². The van der Waals surface area contributed by atoms with Crippen molar-refractivity contribution in [3.63, 3.8) is 0 Å². The van der Waals surface area contributed by atoms with Gasteiger partial charge in [0.1, 0.15) is 17.2 Å². The summed E-state index contributed by atoms with van der Waals surface area (Å²) in [6.07, 6.45) is 3.29. The normalized spacial score (nSPS) is 12.3. The van der Waals surface area contributed by atoms with Crippen molar-refractivity contribution in [3.05, 3.63) is 107 Å². The van der Waals surface area contributed by atoms with Gasteiger partial charge in [0, 0.05) is 0 Å². The van der Waals surface area contributed by atoms with E-state index in [4.69, 9.17) is 15.1 Å². The van der Waals surface area contributed by atoms with E-state index in [9.17, 15) is 4.79 Å². The number of fused-ring (bicyclic) bond motifs is 4. The molecule has 0 amide bonds. The summed E-state index contributed by atoms with van der Waals surface area (Å²) in [6, 6.07) is 25.3. The minimum absolute atomic E-state index is 0.0712. The van der Waals surface area contributed by atoms with Crippen LogP contribution >= 0.6 is 0 Å². The molecule has 0 spiro atoms. The van der Waals surface area contributed by atoms with Crippen molar-refractivity contribution in [1.82, 2.24) is 24.2 Å². The Morgan fingerprint density at radius 1 is 0.806 bits per heavy atom. The molecule has 0 saturated heterocycles. The van der Waals surface area contributed by atoms with E-state index in [1.165, 1.54) is 16.5 Å². The van der Waals surface area contributed by atoms with Crippen LogP contribution in [-0.4, -0.2) is 30.4 Å². The molecule has 3 aromatic heterocycles. The molecule has 0 radical (unpaired) electrons. The van der Waals surface area contributed by atoms with Crippen molar-refractivity contribution in [3.8, 4) is 5.69 Å². The molecule has 0 aliphatic rings. The zero-order valence-corrected chi connectivity index (χ0v) is 20.3. The van der Waals surface area contributed by atoms with Crippen molar-refractivity contribution in [2.24, 2.45) is 5.10 Å². The topological polar surface area (TPSA) is 78.0 Å². The van der Waals surface area contributed by atoms with Crippen LogP contribution in [0.4, 0.5) is 0 Å². The van der Waals surface area contributed by atoms with Gasteiger partial charge in [-0.15, -0.1) is 0 Å². The summed E-state index contributed by atoms with van der Waals surface area (Å²) in [5.74, 6) is 0. The maximum atomic E-state index is 13.7. The minimum atomic E-state index is -0.218. The van der Waals surface area contributed by atoms with Crippen LogP contribution in [-0.2, 0) is 5.41 Å². The van der Waals surface area contributed by atoms with Gasteiger partial charge in [-0.2, -0.15) is 9.78 Å². The number of hydrogen-bond acceptors (Lipinski definition) is 5. The average molecular weight is 473 g/mol. The minimum Gasteiger partial charge on any atom is -0.268 e. The highest BCUT2D eigenvalue weighted by Gasteiger charge is 2.20. The molecule has 7 nitrogen and oxygen atoms in total. The summed E-state index contributed by atoms with van der Waals surface area (Å²) in [5.41, 5.74) is 5.58. The summed E-state index contributed by atoms with van der Waals surface area (Å²) in [4.78, 5) is 27.9. The van der Waals surface area contributed by atoms with Gasteiger partial charge < -0.3 is 0 Å². The predicted molar refractivity (Wildman–Crippen MR) is 144 cm³/mol. The second-order valence-corrected chi connectivity index (χ2v) is 9.77. The third-order valence-corrected chi connectivity index (χ3v) is 6.28. The van der Waals surface area contributed by atoms with E-state index in [1.54, 1.807) is 10.9 Å². The van der Waals surface area contributed by atoms with Crippen molar-refractivity contribution in [1.29, 1.82) is 0 Å². The van der Waals surface area contributed by atoms with Crippen LogP contribution in [0.2, 0.25) is 0 Å². The Labute approximate surface area is 207 Å². The number of para-hydroxylation sites is 3. The molecular weight excluding hydrogens is 448 g/mol. The van der Waals surface area contributed by atoms with Gasteiger partial charge in [0.2, 0.25) is 0 Å². The second-order valence-electron chi connectivity index (χ2n) is 9.77. The van der Waals surface area contributed by atoms with Gasteiger partial charge in [0.25, 0.3) is 5.56 Å². The van der Waals surface area contributed by atoms with Crippen LogP contribution in [0, 0.1) is 0 Å². The molecule has 36 heavy (non-hydrogen) atoms. The molecule has 0 saturated carbocycles. The first kappa shape index (κ1) is 21.9. The standard InChI is InChI=1S/C29H24N6O/c1-29(2,3)20-15-13-19(14-16-20)17-31-35-26-24(25-27(35)33-23-12-8-7-11-22(23)32-25)28(36)34(18-30-26)21-9-5-4-6-10-21/h4-18H,1-3H3. The summed E-state index contributed by atoms with van der Waals surface area (Å²) in [7, 11) is 0. The molecule has 0 N–H and O–H groups in total. The second kappa shape index (κ2) is 8.23. The maximum absolute atomic E-state index is 13.7. The molecule has 3 heterocycles. The Morgan fingerprint density at radius 2 is 1.47 bits per heavy atom. The summed E-state index contributed by atoms with van der Waals surface area (Å²) in [6.45, 7) is 6.56. The zero-order valence-electron chi connectivity index (χ0n) is 20.3. The smallest absolute Gasteiger partial charge is 0.268 e. The van der Waals surface area contributed by atoms with Gasteiger partial charge >= 0.3 is 0 Å². The fourth-order valence-electron chi connectivity index (χ4n) is 4.30. The number of aromatic nitrogens is 5. The van der Waals surface area contributed by atoms with Gasteiger partial charge in [-0.25, -0.2) is 15.0 Å². The number of rotatable bonds is 3. The fraction of sp³-hybridized carbons (Fsp3) is 0.138. The van der Waals surface area contributed by atoms with Crippen LogP contribution in [0.3, 0.4) is 0 Å². The lowest BCUT2D eigenvalue weighted by Gasteiger charge is -2.18. The summed E-state index contributed by atoms with van der Waals surface area (Å²) < 4.78 is 3.14. The molecule has 7 heteroatoms. The Balaban J connectivity index is 1.59. The van der Waals surface area contributed by atoms with Gasteiger partial charge in [-0.3, -0.25) is 9.36 Å². The molecule has 0 atom stereocenters. The van der Waals surface area contributed by atoms with E-state index < -0.39 is 0 Å². The average Bonchev–Trinajstić information content (AvgIpc) is 3.19. The Hall–Kier alpha value is -4.65. The highest BCUT2D eigenvalue weighted by atomic mass is 16.1. The van der Waals surface area contributed by atoms with Gasteiger partial charge in [-0.05, 0) is 40.8 Å². The molecule has 0 bridgehead atoms. The summed E-state index contributed by atoms with van der Waals surface area (Å²) >= 11 is 0. The van der Waals surface area contributed by atoms with Crippen LogP contribution in [0.1, 0.15) is 31.9 Å². The first-order valence-electron chi connectivity index (χ1n) is 11.8. The van der Waals surface area contributed by atoms with E-state index in [2.05, 4.69) is 37.9 Å². The zero-order chi connectivity index (χ0) is 24.9. The van der Waals surface area contributed by atoms with Gasteiger partial charge in [-0.1, -0.05) is 75.4 Å². The lowest BCUT2D eigenvalue weighted by Crippen LogP contribution is -2.18. The molecule has 6 aromatic rings. The van der Waals surface area contributed by atoms with Gasteiger partial charge in [0.15, 0.2) is 11.3 Å². The van der Waals surface area contributed by atoms with Crippen molar-refractivity contribution < 1.29 is 0 Å². The highest BCUT2D eigenvalue weighted by Crippen LogP contribution is 2.26. The third-order valence-electron chi connectivity index (χ3n) is 6.28. The van der Waals surface area contributed by atoms with E-state index in [-0.39, 0.29) is 11.0 Å². The Kier molecular flexibility index (Phi) is 5.00. The van der Waals surface area contributed by atoms with Crippen LogP contribution in [0.25, 0.3) is 38.9 Å². The monoisotopic (exact) mass is 472 g/mol. The lowest BCUT2D eigenvalue weighted by molar-refractivity contribution is 0.590. The lowest BCUT2D eigenvalue weighted by atomic mass is 9.87. The molecule has 0 aliphatic heterocycles. The van der Waals surface area contributed by atoms with E-state index in [0.717, 1.165) is 16.8 Å². The van der Waals surface area contributed by atoms with Crippen molar-refractivity contribution in [2.45, 2.75) is 26.2 Å². The molecule has 0 aliphatic carbocycles. The van der Waals surface area contributed by atoms with Gasteiger partial charge in [0.05, 0.1) is 22.9 Å². The van der Waals surface area contributed by atoms with Crippen molar-refractivity contribution >= 4 is 39.4 Å². The quantitative estimate of drug-likeness (QED) is 0.320. The Bertz CT molecular complexity index is 1820. The summed E-state index contributed by atoms with van der Waals surface area (Å²) in [5, 5.41) is 5.10. The highest BCUT2D eigenvalue weighted by molar-refractivity contribution is 6.05. The first-order valence-corrected chi connectivity index (χ1v) is 11.8. The van der Waals surface area contributed by atoms with Crippen LogP contribution in [0.15, 0.2) is 95.1 Å². The SMILES string of the molecule is CC(C)(C)c1ccc(C=Nn2c3nc4ccccc4nc3c3c(=O)n(-c4ccccc4)cnc32)cc1. The first-order chi connectivity index (χ1) is 17.4. The number of nitrogens with zero attached hydrogens (tertiary/aromatic N) is 6. The largest absolute Gasteiger partial charge is 0.269 e. The van der Waals surface area contributed by atoms with E-state index >= 15 is 0 Å². The maximum Gasteiger partial charge on any atom is 0.269 e. The molecule has 3 aromatic carbocycles. The van der Waals surface area contributed by atoms with E-state index in [1.807, 2.05) is 66.7 Å². The molecule has 0 fully saturated rings. The number of benzene rings is 3. The molecule has 0 unspecified atom stereocenters. The third kappa shape index (κ3) is 3.65. The molecule has 6 rings (SSSR count). The molecular formula is C29H24N6O. The van der Waals surface area contributed by atoms with Crippen molar-refractivity contribution in [2.75, 3.05) is 0 Å².